The number of hydrogen-bond donors (Lipinski definition) is 1. The number of likely N-dealkylation sites (tertiary alicyclic amines) is 2. The van der Waals surface area contributed by atoms with E-state index in [0.717, 1.165) is 12.6 Å². The van der Waals surface area contributed by atoms with Crippen molar-refractivity contribution in [1.82, 2.24) is 20.1 Å². The maximum atomic E-state index is 13.0. The Kier molecular flexibility index (Phi) is 4.38. The number of pyridine rings is 1. The van der Waals surface area contributed by atoms with Crippen molar-refractivity contribution in [3.05, 3.63) is 23.1 Å². The van der Waals surface area contributed by atoms with Gasteiger partial charge in [0.05, 0.1) is 11.7 Å². The lowest BCUT2D eigenvalue weighted by atomic mass is 9.88. The van der Waals surface area contributed by atoms with E-state index in [-0.39, 0.29) is 34.5 Å². The molecule has 26 heavy (non-hydrogen) atoms. The average Bonchev–Trinajstić information content (AvgIpc) is 2.98. The fraction of sp³-hybridized carbons (Fsp3) is 0.588. The number of halogens is 2. The van der Waals surface area contributed by atoms with Crippen LogP contribution in [0.1, 0.15) is 25.7 Å². The van der Waals surface area contributed by atoms with Crippen LogP contribution < -0.4 is 10.1 Å². The number of nitrogens with zero attached hydrogens (tertiary/aromatic N) is 3. The molecule has 140 valence electrons. The van der Waals surface area contributed by atoms with Gasteiger partial charge in [-0.15, -0.1) is 0 Å². The predicted molar refractivity (Wildman–Crippen MR) is 91.5 cm³/mol. The largest absolute Gasteiger partial charge is 0.473 e. The van der Waals surface area contributed by atoms with Gasteiger partial charge in [-0.1, -0.05) is 11.6 Å². The minimum Gasteiger partial charge on any atom is -0.473 e. The maximum Gasteiger partial charge on any atom is 0.320 e. The quantitative estimate of drug-likeness (QED) is 0.846. The normalized spacial score (nSPS) is 22.3. The first-order valence-corrected chi connectivity index (χ1v) is 9.14. The topological polar surface area (TPSA) is 74.8 Å². The summed E-state index contributed by atoms with van der Waals surface area (Å²) in [4.78, 5) is 31.4. The Morgan fingerprint density at radius 3 is 2.69 bits per heavy atom. The summed E-state index contributed by atoms with van der Waals surface area (Å²) in [6, 6.07) is 1.18. The summed E-state index contributed by atoms with van der Waals surface area (Å²) in [5, 5.41) is 3.13. The molecule has 0 saturated carbocycles. The third-order valence-corrected chi connectivity index (χ3v) is 5.53. The van der Waals surface area contributed by atoms with Crippen LogP contribution in [0.25, 0.3) is 0 Å². The van der Waals surface area contributed by atoms with E-state index in [4.69, 9.17) is 16.3 Å². The molecule has 1 N–H and O–H groups in total. The highest BCUT2D eigenvalue weighted by Crippen LogP contribution is 2.32. The summed E-state index contributed by atoms with van der Waals surface area (Å²) in [6.07, 6.45) is 3.64. The van der Waals surface area contributed by atoms with E-state index in [2.05, 4.69) is 10.3 Å². The molecule has 1 aromatic rings. The average molecular weight is 383 g/mol. The van der Waals surface area contributed by atoms with Gasteiger partial charge in [0.2, 0.25) is 11.8 Å². The van der Waals surface area contributed by atoms with E-state index < -0.39 is 5.82 Å². The van der Waals surface area contributed by atoms with Crippen molar-refractivity contribution in [3.63, 3.8) is 0 Å². The Morgan fingerprint density at radius 2 is 2.08 bits per heavy atom. The molecule has 3 amide bonds. The SMILES string of the molecule is O=C1CCC2(CN(C(=O)N3CCC(Oc4ncc(F)cc4Cl)CC3)C2)N1. The van der Waals surface area contributed by atoms with E-state index in [1.54, 1.807) is 4.90 Å². The Morgan fingerprint density at radius 1 is 1.35 bits per heavy atom. The van der Waals surface area contributed by atoms with Crippen molar-refractivity contribution in [2.24, 2.45) is 0 Å². The number of urea groups is 1. The van der Waals surface area contributed by atoms with Crippen molar-refractivity contribution < 1.29 is 18.7 Å². The van der Waals surface area contributed by atoms with Gasteiger partial charge in [-0.3, -0.25) is 4.79 Å². The first-order chi connectivity index (χ1) is 12.4. The molecule has 0 aliphatic carbocycles. The number of carbonyl (C=O) groups excluding carboxylic acids is 2. The molecule has 3 aliphatic heterocycles. The van der Waals surface area contributed by atoms with Gasteiger partial charge >= 0.3 is 6.03 Å². The molecule has 1 aromatic heterocycles. The molecule has 0 atom stereocenters. The van der Waals surface area contributed by atoms with Crippen LogP contribution in [0.15, 0.2) is 12.3 Å². The molecular formula is C17H20ClFN4O3. The number of ether oxygens (including phenoxy) is 1. The number of nitrogens with one attached hydrogen (secondary N) is 1. The number of rotatable bonds is 2. The van der Waals surface area contributed by atoms with Gasteiger partial charge in [0.25, 0.3) is 0 Å². The summed E-state index contributed by atoms with van der Waals surface area (Å²) < 4.78 is 18.8. The fourth-order valence-electron chi connectivity index (χ4n) is 3.84. The molecule has 9 heteroatoms. The van der Waals surface area contributed by atoms with E-state index in [1.165, 1.54) is 6.07 Å². The molecule has 1 spiro atoms. The van der Waals surface area contributed by atoms with Crippen LogP contribution in [0.2, 0.25) is 5.02 Å². The Hall–Kier alpha value is -2.09. The lowest BCUT2D eigenvalue weighted by Gasteiger charge is -2.49. The fourth-order valence-corrected chi connectivity index (χ4v) is 4.04. The van der Waals surface area contributed by atoms with Crippen molar-refractivity contribution in [2.75, 3.05) is 26.2 Å². The predicted octanol–water partition coefficient (Wildman–Crippen LogP) is 1.80. The van der Waals surface area contributed by atoms with Crippen LogP contribution in [0, 0.1) is 5.82 Å². The summed E-state index contributed by atoms with van der Waals surface area (Å²) in [6.45, 7) is 2.34. The standard InChI is InChI=1S/C17H20ClFN4O3/c18-13-7-11(19)8-20-15(13)26-12-2-5-22(6-3-12)16(25)23-9-17(10-23)4-1-14(24)21-17/h7-8,12H,1-6,9-10H2,(H,21,24). The summed E-state index contributed by atoms with van der Waals surface area (Å²) >= 11 is 5.94. The zero-order valence-electron chi connectivity index (χ0n) is 14.2. The van der Waals surface area contributed by atoms with E-state index in [1.807, 2.05) is 4.90 Å². The van der Waals surface area contributed by atoms with Crippen molar-refractivity contribution in [3.8, 4) is 5.88 Å². The summed E-state index contributed by atoms with van der Waals surface area (Å²) in [5.74, 6) is -0.212. The first-order valence-electron chi connectivity index (χ1n) is 8.77. The van der Waals surface area contributed by atoms with Crippen LogP contribution >= 0.6 is 11.6 Å². The van der Waals surface area contributed by atoms with Crippen LogP contribution in [-0.4, -0.2) is 64.5 Å². The molecular weight excluding hydrogens is 363 g/mol. The van der Waals surface area contributed by atoms with Crippen molar-refractivity contribution >= 4 is 23.5 Å². The molecule has 0 aromatic carbocycles. The smallest absolute Gasteiger partial charge is 0.320 e. The molecule has 3 saturated heterocycles. The molecule has 4 rings (SSSR count). The second kappa shape index (κ2) is 6.57. The molecule has 0 bridgehead atoms. The van der Waals surface area contributed by atoms with Crippen LogP contribution in [0.5, 0.6) is 5.88 Å². The van der Waals surface area contributed by atoms with E-state index in [9.17, 15) is 14.0 Å². The Balaban J connectivity index is 1.26. The van der Waals surface area contributed by atoms with Gasteiger partial charge < -0.3 is 19.9 Å². The van der Waals surface area contributed by atoms with Crippen molar-refractivity contribution in [1.29, 1.82) is 0 Å². The monoisotopic (exact) mass is 382 g/mol. The molecule has 0 unspecified atom stereocenters. The van der Waals surface area contributed by atoms with Crippen LogP contribution in [0.4, 0.5) is 9.18 Å². The number of aromatic nitrogens is 1. The van der Waals surface area contributed by atoms with Crippen LogP contribution in [0.3, 0.4) is 0 Å². The third-order valence-electron chi connectivity index (χ3n) is 5.26. The van der Waals surface area contributed by atoms with E-state index >= 15 is 0 Å². The van der Waals surface area contributed by atoms with Gasteiger partial charge in [0.15, 0.2) is 0 Å². The second-order valence-electron chi connectivity index (χ2n) is 7.21. The van der Waals surface area contributed by atoms with Gasteiger partial charge in [-0.05, 0) is 12.5 Å². The zero-order valence-corrected chi connectivity index (χ0v) is 15.0. The summed E-state index contributed by atoms with van der Waals surface area (Å²) in [7, 11) is 0. The van der Waals surface area contributed by atoms with Gasteiger partial charge in [0.1, 0.15) is 16.9 Å². The zero-order chi connectivity index (χ0) is 18.3. The number of carbonyl (C=O) groups is 2. The molecule has 0 radical (unpaired) electrons. The molecule has 3 fully saturated rings. The second-order valence-corrected chi connectivity index (χ2v) is 7.62. The van der Waals surface area contributed by atoms with Crippen molar-refractivity contribution in [2.45, 2.75) is 37.3 Å². The molecule has 4 heterocycles. The highest BCUT2D eigenvalue weighted by atomic mass is 35.5. The summed E-state index contributed by atoms with van der Waals surface area (Å²) in [5.41, 5.74) is -0.195. The maximum absolute atomic E-state index is 13.0. The lowest BCUT2D eigenvalue weighted by Crippen LogP contribution is -2.70. The Bertz CT molecular complexity index is 733. The number of piperidine rings is 1. The van der Waals surface area contributed by atoms with Gasteiger partial charge in [-0.2, -0.15) is 0 Å². The van der Waals surface area contributed by atoms with Crippen LogP contribution in [-0.2, 0) is 4.79 Å². The Labute approximate surface area is 155 Å². The van der Waals surface area contributed by atoms with Gasteiger partial charge in [0, 0.05) is 45.4 Å². The highest BCUT2D eigenvalue weighted by molar-refractivity contribution is 6.31. The highest BCUT2D eigenvalue weighted by Gasteiger charge is 2.50. The van der Waals surface area contributed by atoms with E-state index in [0.29, 0.717) is 45.4 Å². The third kappa shape index (κ3) is 3.30. The number of hydrogen-bond acceptors (Lipinski definition) is 4. The lowest BCUT2D eigenvalue weighted by molar-refractivity contribution is -0.120. The minimum absolute atomic E-state index is 0.00756. The minimum atomic E-state index is -0.506. The van der Waals surface area contributed by atoms with Gasteiger partial charge in [-0.25, -0.2) is 14.2 Å². The molecule has 7 nitrogen and oxygen atoms in total. The molecule has 3 aliphatic rings. The first kappa shape index (κ1) is 17.3. The number of amides is 3.